The molecule has 0 spiro atoms. The lowest BCUT2D eigenvalue weighted by Crippen LogP contribution is -2.12. The Morgan fingerprint density at radius 3 is 2.15 bits per heavy atom. The lowest BCUT2D eigenvalue weighted by atomic mass is 10.1. The number of methoxy groups -OCH3 is 2. The van der Waals surface area contributed by atoms with Crippen LogP contribution in [0, 0.1) is 20.8 Å². The maximum Gasteiger partial charge on any atom is 0.255 e. The molecule has 0 saturated heterocycles. The van der Waals surface area contributed by atoms with Gasteiger partial charge in [0, 0.05) is 29.1 Å². The van der Waals surface area contributed by atoms with Crippen LogP contribution in [0.25, 0.3) is 5.82 Å². The summed E-state index contributed by atoms with van der Waals surface area (Å²) in [5.41, 5.74) is 2.97. The summed E-state index contributed by atoms with van der Waals surface area (Å²) >= 11 is 0. The molecule has 2 heterocycles. The third-order valence-electron chi connectivity index (χ3n) is 5.25. The van der Waals surface area contributed by atoms with E-state index in [1.54, 1.807) is 54.9 Å². The van der Waals surface area contributed by atoms with Crippen molar-refractivity contribution >= 4 is 11.6 Å². The van der Waals surface area contributed by atoms with Crippen LogP contribution < -0.4 is 19.5 Å². The van der Waals surface area contributed by atoms with Crippen molar-refractivity contribution in [2.45, 2.75) is 20.8 Å². The number of imidazole rings is 1. The number of nitrogens with zero attached hydrogens (tertiary/aromatic N) is 4. The van der Waals surface area contributed by atoms with Crippen molar-refractivity contribution in [3.8, 4) is 28.9 Å². The average molecular weight is 460 g/mol. The quantitative estimate of drug-likeness (QED) is 0.429. The van der Waals surface area contributed by atoms with Crippen molar-refractivity contribution in [1.29, 1.82) is 0 Å². The second-order valence-corrected chi connectivity index (χ2v) is 7.58. The fourth-order valence-electron chi connectivity index (χ4n) is 3.30. The summed E-state index contributed by atoms with van der Waals surface area (Å²) in [5, 5.41) is 2.86. The summed E-state index contributed by atoms with van der Waals surface area (Å²) in [6.45, 7) is 5.74. The Kier molecular flexibility index (Phi) is 6.44. The highest BCUT2D eigenvalue weighted by atomic mass is 16.5. The minimum absolute atomic E-state index is 0.284. The molecule has 0 radical (unpaired) electrons. The first-order valence-corrected chi connectivity index (χ1v) is 10.5. The number of benzene rings is 2. The highest BCUT2D eigenvalue weighted by Crippen LogP contribution is 2.26. The van der Waals surface area contributed by atoms with Crippen LogP contribution in [-0.4, -0.2) is 39.6 Å². The first-order chi connectivity index (χ1) is 16.4. The molecular formula is C25H25N5O4. The number of ether oxygens (including phenoxy) is 3. The van der Waals surface area contributed by atoms with E-state index in [4.69, 9.17) is 14.2 Å². The van der Waals surface area contributed by atoms with Gasteiger partial charge in [0.25, 0.3) is 5.91 Å². The van der Waals surface area contributed by atoms with Gasteiger partial charge in [-0.15, -0.1) is 0 Å². The number of carbonyl (C=O) groups excluding carboxylic acids is 1. The summed E-state index contributed by atoms with van der Waals surface area (Å²) in [6, 6.07) is 13.8. The van der Waals surface area contributed by atoms with Gasteiger partial charge in [0.1, 0.15) is 35.2 Å². The third-order valence-corrected chi connectivity index (χ3v) is 5.25. The molecule has 0 fully saturated rings. The molecule has 0 unspecified atom stereocenters. The van der Waals surface area contributed by atoms with Crippen LogP contribution in [-0.2, 0) is 0 Å². The van der Waals surface area contributed by atoms with Crippen LogP contribution in [0.5, 0.6) is 23.1 Å². The van der Waals surface area contributed by atoms with Gasteiger partial charge in [-0.3, -0.25) is 9.36 Å². The zero-order chi connectivity index (χ0) is 24.2. The molecule has 0 atom stereocenters. The molecule has 2 aromatic heterocycles. The molecule has 9 nitrogen and oxygen atoms in total. The van der Waals surface area contributed by atoms with Crippen LogP contribution in [0.2, 0.25) is 0 Å². The minimum Gasteiger partial charge on any atom is -0.497 e. The second kappa shape index (κ2) is 9.62. The Morgan fingerprint density at radius 2 is 1.56 bits per heavy atom. The maximum absolute atomic E-state index is 12.7. The van der Waals surface area contributed by atoms with Gasteiger partial charge in [0.15, 0.2) is 0 Å². The van der Waals surface area contributed by atoms with Gasteiger partial charge >= 0.3 is 0 Å². The number of rotatable bonds is 7. The highest BCUT2D eigenvalue weighted by Gasteiger charge is 2.12. The molecule has 34 heavy (non-hydrogen) atoms. The Hall–Kier alpha value is -4.40. The Labute approximate surface area is 197 Å². The number of aromatic nitrogens is 4. The predicted molar refractivity (Wildman–Crippen MR) is 127 cm³/mol. The van der Waals surface area contributed by atoms with Crippen LogP contribution in [0.1, 0.15) is 27.6 Å². The SMILES string of the molecule is COc1cc(OC)cc(C(=O)Nc2ccc(Oc3cc(-n4cnc(C)c4C)nc(C)n3)cc2)c1. The molecule has 0 saturated carbocycles. The summed E-state index contributed by atoms with van der Waals surface area (Å²) in [4.78, 5) is 25.9. The molecule has 0 aliphatic rings. The molecule has 2 aromatic carbocycles. The molecule has 0 bridgehead atoms. The number of amides is 1. The van der Waals surface area contributed by atoms with E-state index in [1.165, 1.54) is 14.2 Å². The fourth-order valence-corrected chi connectivity index (χ4v) is 3.30. The molecule has 1 amide bonds. The Bertz CT molecular complexity index is 1310. The topological polar surface area (TPSA) is 100 Å². The minimum atomic E-state index is -0.284. The molecule has 9 heteroatoms. The lowest BCUT2D eigenvalue weighted by molar-refractivity contribution is 0.102. The van der Waals surface area contributed by atoms with E-state index >= 15 is 0 Å². The summed E-state index contributed by atoms with van der Waals surface area (Å²) in [7, 11) is 3.07. The largest absolute Gasteiger partial charge is 0.497 e. The molecule has 4 aromatic rings. The maximum atomic E-state index is 12.7. The zero-order valence-corrected chi connectivity index (χ0v) is 19.6. The van der Waals surface area contributed by atoms with E-state index in [-0.39, 0.29) is 5.91 Å². The van der Waals surface area contributed by atoms with Gasteiger partial charge in [-0.25, -0.2) is 9.97 Å². The average Bonchev–Trinajstić information content (AvgIpc) is 3.17. The number of aryl methyl sites for hydroxylation is 2. The summed E-state index contributed by atoms with van der Waals surface area (Å²) in [6.07, 6.45) is 1.73. The molecule has 4 rings (SSSR count). The first-order valence-electron chi connectivity index (χ1n) is 10.5. The zero-order valence-electron chi connectivity index (χ0n) is 19.6. The number of hydrogen-bond donors (Lipinski definition) is 1. The molecule has 0 aliphatic heterocycles. The third kappa shape index (κ3) is 4.98. The van der Waals surface area contributed by atoms with Crippen molar-refractivity contribution < 1.29 is 19.0 Å². The normalized spacial score (nSPS) is 10.6. The van der Waals surface area contributed by atoms with E-state index in [0.29, 0.717) is 46.0 Å². The lowest BCUT2D eigenvalue weighted by Gasteiger charge is -2.11. The van der Waals surface area contributed by atoms with Crippen molar-refractivity contribution in [2.75, 3.05) is 19.5 Å². The number of anilines is 1. The number of nitrogens with one attached hydrogen (secondary N) is 1. The molecule has 174 valence electrons. The van der Waals surface area contributed by atoms with E-state index in [1.807, 2.05) is 25.3 Å². The van der Waals surface area contributed by atoms with Crippen molar-refractivity contribution in [3.05, 3.63) is 77.6 Å². The van der Waals surface area contributed by atoms with Crippen molar-refractivity contribution in [3.63, 3.8) is 0 Å². The van der Waals surface area contributed by atoms with Crippen molar-refractivity contribution in [2.24, 2.45) is 0 Å². The smallest absolute Gasteiger partial charge is 0.255 e. The van der Waals surface area contributed by atoms with Gasteiger partial charge in [-0.2, -0.15) is 4.98 Å². The number of carbonyl (C=O) groups is 1. The van der Waals surface area contributed by atoms with Gasteiger partial charge in [0.2, 0.25) is 5.88 Å². The second-order valence-electron chi connectivity index (χ2n) is 7.58. The highest BCUT2D eigenvalue weighted by molar-refractivity contribution is 6.04. The van der Waals surface area contributed by atoms with Crippen LogP contribution in [0.4, 0.5) is 5.69 Å². The first kappa shape index (κ1) is 22.8. The Morgan fingerprint density at radius 1 is 0.882 bits per heavy atom. The Balaban J connectivity index is 1.48. The van der Waals surface area contributed by atoms with Gasteiger partial charge in [0.05, 0.1) is 19.9 Å². The summed E-state index contributed by atoms with van der Waals surface area (Å²) in [5.74, 6) is 3.03. The number of hydrogen-bond acceptors (Lipinski definition) is 7. The standard InChI is InChI=1S/C25H25N5O4/c1-15-16(2)30(14-26-15)23-13-24(28-17(3)27-23)34-20-8-6-19(7-9-20)29-25(31)18-10-21(32-4)12-22(11-18)33-5/h6-14H,1-5H3,(H,29,31). The van der Waals surface area contributed by atoms with E-state index in [0.717, 1.165) is 11.4 Å². The van der Waals surface area contributed by atoms with Crippen LogP contribution in [0.3, 0.4) is 0 Å². The van der Waals surface area contributed by atoms with Gasteiger partial charge in [-0.05, 0) is 57.2 Å². The van der Waals surface area contributed by atoms with E-state index in [2.05, 4.69) is 20.3 Å². The van der Waals surface area contributed by atoms with Gasteiger partial charge in [-0.1, -0.05) is 0 Å². The van der Waals surface area contributed by atoms with Gasteiger partial charge < -0.3 is 19.5 Å². The van der Waals surface area contributed by atoms with Crippen molar-refractivity contribution in [1.82, 2.24) is 19.5 Å². The fraction of sp³-hybridized carbons (Fsp3) is 0.200. The molecular weight excluding hydrogens is 434 g/mol. The van der Waals surface area contributed by atoms with E-state index < -0.39 is 0 Å². The summed E-state index contributed by atoms with van der Waals surface area (Å²) < 4.78 is 18.3. The van der Waals surface area contributed by atoms with Crippen LogP contribution in [0.15, 0.2) is 54.9 Å². The van der Waals surface area contributed by atoms with E-state index in [9.17, 15) is 4.79 Å². The predicted octanol–water partition coefficient (Wildman–Crippen LogP) is 4.65. The van der Waals surface area contributed by atoms with Crippen LogP contribution >= 0.6 is 0 Å². The monoisotopic (exact) mass is 459 g/mol. The molecule has 1 N–H and O–H groups in total. The molecule has 0 aliphatic carbocycles.